The van der Waals surface area contributed by atoms with E-state index >= 15 is 0 Å². The Labute approximate surface area is 113 Å². The molecule has 2 N–H and O–H groups in total. The highest BCUT2D eigenvalue weighted by molar-refractivity contribution is 5.33. The van der Waals surface area contributed by atoms with Gasteiger partial charge in [0, 0.05) is 16.6 Å². The van der Waals surface area contributed by atoms with Crippen LogP contribution in [0, 0.1) is 5.92 Å². The summed E-state index contributed by atoms with van der Waals surface area (Å²) < 4.78 is 27.0. The molecule has 1 aliphatic rings. The first kappa shape index (κ1) is 9.82. The Morgan fingerprint density at radius 2 is 2.44 bits per heavy atom. The maximum Gasteiger partial charge on any atom is 0.119 e. The Bertz CT molecular complexity index is 478. The van der Waals surface area contributed by atoms with E-state index in [1.807, 2.05) is 24.3 Å². The Balaban J connectivity index is 2.22. The average molecular weight is 252 g/mol. The molecule has 3 heteroatoms. The van der Waals surface area contributed by atoms with Crippen LogP contribution in [-0.2, 0) is 5.60 Å². The summed E-state index contributed by atoms with van der Waals surface area (Å²) in [5.41, 5.74) is -0.190. The second-order valence-electron chi connectivity index (χ2n) is 4.98. The Hall–Kier alpha value is -1.06. The second kappa shape index (κ2) is 5.72. The summed E-state index contributed by atoms with van der Waals surface area (Å²) in [7, 11) is 1.59. The lowest BCUT2D eigenvalue weighted by molar-refractivity contribution is -0.0531. The number of benzene rings is 1. The SMILES string of the molecule is [2H]C([2H])([2H])NC[C@H]1CCCC[C@]1(O)c1cccc(OC)c1. The fourth-order valence-corrected chi connectivity index (χ4v) is 2.89. The first-order valence-electron chi connectivity index (χ1n) is 7.97. The van der Waals surface area contributed by atoms with Crippen LogP contribution in [0.15, 0.2) is 24.3 Å². The van der Waals surface area contributed by atoms with Crippen LogP contribution in [0.25, 0.3) is 0 Å². The molecule has 100 valence electrons. The van der Waals surface area contributed by atoms with Crippen molar-refractivity contribution in [3.05, 3.63) is 29.8 Å². The van der Waals surface area contributed by atoms with Crippen molar-refractivity contribution in [1.29, 1.82) is 0 Å². The lowest BCUT2D eigenvalue weighted by Crippen LogP contribution is -2.42. The largest absolute Gasteiger partial charge is 0.497 e. The van der Waals surface area contributed by atoms with Crippen LogP contribution in [0.3, 0.4) is 0 Å². The van der Waals surface area contributed by atoms with Gasteiger partial charge in [-0.2, -0.15) is 0 Å². The van der Waals surface area contributed by atoms with Crippen molar-refractivity contribution in [2.45, 2.75) is 31.3 Å². The van der Waals surface area contributed by atoms with Gasteiger partial charge >= 0.3 is 0 Å². The Morgan fingerprint density at radius 1 is 1.56 bits per heavy atom. The first-order valence-corrected chi connectivity index (χ1v) is 6.47. The third-order valence-corrected chi connectivity index (χ3v) is 3.95. The van der Waals surface area contributed by atoms with Gasteiger partial charge in [-0.3, -0.25) is 0 Å². The molecule has 0 bridgehead atoms. The molecule has 1 fully saturated rings. The predicted octanol–water partition coefficient (Wildman–Crippen LogP) is 2.29. The normalized spacial score (nSPS) is 31.2. The lowest BCUT2D eigenvalue weighted by Gasteiger charge is -2.40. The van der Waals surface area contributed by atoms with E-state index in [1.54, 1.807) is 7.11 Å². The van der Waals surface area contributed by atoms with Crippen LogP contribution in [0.4, 0.5) is 0 Å². The van der Waals surface area contributed by atoms with Crippen molar-refractivity contribution in [1.82, 2.24) is 5.32 Å². The molecule has 0 amide bonds. The highest BCUT2D eigenvalue weighted by Crippen LogP contribution is 2.42. The minimum atomic E-state index is -2.17. The van der Waals surface area contributed by atoms with Crippen LogP contribution in [0.2, 0.25) is 0 Å². The molecule has 0 radical (unpaired) electrons. The zero-order chi connectivity index (χ0) is 15.5. The highest BCUT2D eigenvalue weighted by Gasteiger charge is 2.39. The van der Waals surface area contributed by atoms with E-state index in [4.69, 9.17) is 8.85 Å². The van der Waals surface area contributed by atoms with Crippen molar-refractivity contribution in [2.75, 3.05) is 20.6 Å². The fraction of sp³-hybridized carbons (Fsp3) is 0.600. The smallest absolute Gasteiger partial charge is 0.119 e. The van der Waals surface area contributed by atoms with Crippen molar-refractivity contribution >= 4 is 0 Å². The second-order valence-corrected chi connectivity index (χ2v) is 4.98. The van der Waals surface area contributed by atoms with E-state index in [1.165, 1.54) is 0 Å². The summed E-state index contributed by atoms with van der Waals surface area (Å²) >= 11 is 0. The fourth-order valence-electron chi connectivity index (χ4n) is 2.89. The summed E-state index contributed by atoms with van der Waals surface area (Å²) in [6.07, 6.45) is 3.42. The summed E-state index contributed by atoms with van der Waals surface area (Å²) in [6, 6.07) is 7.42. The molecule has 3 nitrogen and oxygen atoms in total. The molecule has 1 aliphatic carbocycles. The zero-order valence-electron chi connectivity index (χ0n) is 13.8. The monoisotopic (exact) mass is 252 g/mol. The molecule has 2 atom stereocenters. The van der Waals surface area contributed by atoms with Gasteiger partial charge in [-0.05, 0) is 37.5 Å². The van der Waals surface area contributed by atoms with Gasteiger partial charge in [0.2, 0.25) is 0 Å². The molecule has 1 aromatic carbocycles. The summed E-state index contributed by atoms with van der Waals surface area (Å²) in [5, 5.41) is 13.7. The van der Waals surface area contributed by atoms with Gasteiger partial charge in [0.1, 0.15) is 5.75 Å². The number of hydrogen-bond acceptors (Lipinski definition) is 3. The maximum atomic E-state index is 11.1. The van der Waals surface area contributed by atoms with Crippen molar-refractivity contribution in [2.24, 2.45) is 5.92 Å². The number of hydrogen-bond donors (Lipinski definition) is 2. The number of ether oxygens (including phenoxy) is 1. The third kappa shape index (κ3) is 2.52. The first-order chi connectivity index (χ1) is 9.85. The van der Waals surface area contributed by atoms with Gasteiger partial charge in [0.25, 0.3) is 0 Å². The predicted molar refractivity (Wildman–Crippen MR) is 72.8 cm³/mol. The molecule has 0 spiro atoms. The zero-order valence-corrected chi connectivity index (χ0v) is 10.8. The van der Waals surface area contributed by atoms with E-state index in [9.17, 15) is 5.11 Å². The maximum absolute atomic E-state index is 11.1. The van der Waals surface area contributed by atoms with E-state index in [-0.39, 0.29) is 12.5 Å². The molecular formula is C15H23NO2. The van der Waals surface area contributed by atoms with Gasteiger partial charge in [-0.1, -0.05) is 25.0 Å². The molecule has 1 saturated carbocycles. The Morgan fingerprint density at radius 3 is 3.22 bits per heavy atom. The topological polar surface area (TPSA) is 41.5 Å². The molecule has 1 aromatic rings. The van der Waals surface area contributed by atoms with Crippen LogP contribution in [0.1, 0.15) is 35.4 Å². The lowest BCUT2D eigenvalue weighted by atomic mass is 9.71. The van der Waals surface area contributed by atoms with Crippen molar-refractivity contribution in [3.63, 3.8) is 0 Å². The number of aliphatic hydroxyl groups is 1. The Kier molecular flexibility index (Phi) is 3.12. The van der Waals surface area contributed by atoms with E-state index in [0.717, 1.165) is 24.8 Å². The van der Waals surface area contributed by atoms with E-state index in [0.29, 0.717) is 12.2 Å². The minimum Gasteiger partial charge on any atom is -0.497 e. The highest BCUT2D eigenvalue weighted by atomic mass is 16.5. The quantitative estimate of drug-likeness (QED) is 0.864. The van der Waals surface area contributed by atoms with Crippen LogP contribution in [-0.4, -0.2) is 25.7 Å². The van der Waals surface area contributed by atoms with Crippen LogP contribution >= 0.6 is 0 Å². The van der Waals surface area contributed by atoms with Gasteiger partial charge in [-0.25, -0.2) is 0 Å². The van der Waals surface area contributed by atoms with E-state index < -0.39 is 12.6 Å². The van der Waals surface area contributed by atoms with Gasteiger partial charge in [0.05, 0.1) is 12.7 Å². The number of methoxy groups -OCH3 is 1. The molecule has 2 rings (SSSR count). The summed E-state index contributed by atoms with van der Waals surface area (Å²) in [4.78, 5) is 0. The molecule has 0 aliphatic heterocycles. The molecule has 0 aromatic heterocycles. The summed E-state index contributed by atoms with van der Waals surface area (Å²) in [5.74, 6) is 0.591. The minimum absolute atomic E-state index is 0.112. The van der Waals surface area contributed by atoms with E-state index in [2.05, 4.69) is 5.32 Å². The number of rotatable bonds is 4. The van der Waals surface area contributed by atoms with Crippen LogP contribution in [0.5, 0.6) is 5.75 Å². The molecule has 0 heterocycles. The number of nitrogens with one attached hydrogen (secondary N) is 1. The van der Waals surface area contributed by atoms with Crippen LogP contribution < -0.4 is 10.1 Å². The van der Waals surface area contributed by atoms with Gasteiger partial charge in [0.15, 0.2) is 0 Å². The molecule has 18 heavy (non-hydrogen) atoms. The van der Waals surface area contributed by atoms with Gasteiger partial charge < -0.3 is 15.2 Å². The molecule has 0 unspecified atom stereocenters. The average Bonchev–Trinajstić information content (AvgIpc) is 2.45. The molecular weight excluding hydrogens is 226 g/mol. The molecule has 0 saturated heterocycles. The standard InChI is InChI=1S/C15H23NO2/c1-16-11-13-6-3-4-9-15(13,17)12-7-5-8-14(10-12)18-2/h5,7-8,10,13,16-17H,3-4,6,9,11H2,1-2H3/t13-,15+/m1/s1/i1D3. The third-order valence-electron chi connectivity index (χ3n) is 3.95. The van der Waals surface area contributed by atoms with Crippen molar-refractivity contribution < 1.29 is 14.0 Å². The summed E-state index contributed by atoms with van der Waals surface area (Å²) in [6.45, 7) is -1.89. The van der Waals surface area contributed by atoms with Crippen molar-refractivity contribution in [3.8, 4) is 5.75 Å². The van der Waals surface area contributed by atoms with Gasteiger partial charge in [-0.15, -0.1) is 0 Å².